The Morgan fingerprint density at radius 2 is 1.68 bits per heavy atom. The van der Waals surface area contributed by atoms with Crippen molar-refractivity contribution >= 4 is 17.7 Å². The molecule has 1 N–H and O–H groups in total. The van der Waals surface area contributed by atoms with Gasteiger partial charge < -0.3 is 19.5 Å². The van der Waals surface area contributed by atoms with Crippen molar-refractivity contribution in [3.63, 3.8) is 0 Å². The minimum Gasteiger partial charge on any atom is -0.497 e. The lowest BCUT2D eigenvalue weighted by Crippen LogP contribution is -2.30. The van der Waals surface area contributed by atoms with E-state index in [4.69, 9.17) is 14.2 Å². The number of amides is 1. The molecule has 0 aliphatic rings. The van der Waals surface area contributed by atoms with Gasteiger partial charge in [0, 0.05) is 11.4 Å². The predicted molar refractivity (Wildman–Crippen MR) is 99.7 cm³/mol. The van der Waals surface area contributed by atoms with Crippen molar-refractivity contribution in [2.45, 2.75) is 23.6 Å². The molecule has 6 heteroatoms. The Labute approximate surface area is 152 Å². The van der Waals surface area contributed by atoms with E-state index < -0.39 is 0 Å². The Morgan fingerprint density at radius 3 is 2.28 bits per heavy atom. The van der Waals surface area contributed by atoms with Gasteiger partial charge in [0.05, 0.1) is 26.6 Å². The standard InChI is InChI=1S/C19H23NO4S/c1-13(25-16-8-6-15(22-2)7-9-16)19(21)20-12-14-5-10-17(23-3)18(11-14)24-4/h5-11,13H,12H2,1-4H3,(H,20,21)/t13-/m1/s1. The third kappa shape index (κ3) is 5.32. The van der Waals surface area contributed by atoms with Crippen LogP contribution in [0.5, 0.6) is 17.2 Å². The number of benzene rings is 2. The number of rotatable bonds is 8. The quantitative estimate of drug-likeness (QED) is 0.729. The molecule has 0 saturated heterocycles. The molecule has 0 aromatic heterocycles. The first-order valence-electron chi connectivity index (χ1n) is 7.86. The molecule has 134 valence electrons. The normalized spacial score (nSPS) is 11.5. The zero-order valence-electron chi connectivity index (χ0n) is 14.9. The third-order valence-electron chi connectivity index (χ3n) is 3.66. The molecule has 2 rings (SSSR count). The number of carbonyl (C=O) groups excluding carboxylic acids is 1. The van der Waals surface area contributed by atoms with E-state index in [0.29, 0.717) is 18.0 Å². The number of nitrogens with one attached hydrogen (secondary N) is 1. The van der Waals surface area contributed by atoms with E-state index in [0.717, 1.165) is 16.2 Å². The van der Waals surface area contributed by atoms with E-state index in [2.05, 4.69) is 5.32 Å². The summed E-state index contributed by atoms with van der Waals surface area (Å²) in [5, 5.41) is 2.75. The second-order valence-corrected chi connectivity index (χ2v) is 6.76. The summed E-state index contributed by atoms with van der Waals surface area (Å²) in [6.45, 7) is 2.32. The monoisotopic (exact) mass is 361 g/mol. The molecule has 0 saturated carbocycles. The molecule has 0 aliphatic heterocycles. The number of methoxy groups -OCH3 is 3. The number of carbonyl (C=O) groups is 1. The highest BCUT2D eigenvalue weighted by atomic mass is 32.2. The lowest BCUT2D eigenvalue weighted by atomic mass is 10.2. The topological polar surface area (TPSA) is 56.8 Å². The van der Waals surface area contributed by atoms with Crippen LogP contribution in [-0.2, 0) is 11.3 Å². The van der Waals surface area contributed by atoms with Crippen molar-refractivity contribution in [3.8, 4) is 17.2 Å². The lowest BCUT2D eigenvalue weighted by Gasteiger charge is -2.13. The second-order valence-electron chi connectivity index (χ2n) is 5.34. The summed E-state index contributed by atoms with van der Waals surface area (Å²) in [5.74, 6) is 2.10. The average molecular weight is 361 g/mol. The van der Waals surface area contributed by atoms with Crippen LogP contribution in [0.15, 0.2) is 47.4 Å². The summed E-state index contributed by atoms with van der Waals surface area (Å²) in [7, 11) is 4.82. The zero-order chi connectivity index (χ0) is 18.2. The molecule has 1 amide bonds. The van der Waals surface area contributed by atoms with Crippen LogP contribution in [0, 0.1) is 0 Å². The summed E-state index contributed by atoms with van der Waals surface area (Å²) in [4.78, 5) is 13.3. The van der Waals surface area contributed by atoms with Gasteiger partial charge in [-0.05, 0) is 48.9 Å². The number of hydrogen-bond acceptors (Lipinski definition) is 5. The first-order valence-corrected chi connectivity index (χ1v) is 8.74. The lowest BCUT2D eigenvalue weighted by molar-refractivity contribution is -0.120. The zero-order valence-corrected chi connectivity index (χ0v) is 15.7. The summed E-state index contributed by atoms with van der Waals surface area (Å²) in [6, 6.07) is 13.3. The van der Waals surface area contributed by atoms with Crippen LogP contribution in [0.2, 0.25) is 0 Å². The first kappa shape index (κ1) is 19.0. The summed E-state index contributed by atoms with van der Waals surface area (Å²) >= 11 is 1.51. The molecule has 0 spiro atoms. The van der Waals surface area contributed by atoms with Crippen LogP contribution in [0.3, 0.4) is 0 Å². The fraction of sp³-hybridized carbons (Fsp3) is 0.316. The van der Waals surface area contributed by atoms with Gasteiger partial charge in [0.25, 0.3) is 0 Å². The van der Waals surface area contributed by atoms with Gasteiger partial charge in [0.1, 0.15) is 5.75 Å². The Bertz CT molecular complexity index is 703. The van der Waals surface area contributed by atoms with Crippen molar-refractivity contribution in [2.24, 2.45) is 0 Å². The van der Waals surface area contributed by atoms with Crippen molar-refractivity contribution in [1.29, 1.82) is 0 Å². The average Bonchev–Trinajstić information content (AvgIpc) is 2.66. The maximum Gasteiger partial charge on any atom is 0.233 e. The Balaban J connectivity index is 1.90. The van der Waals surface area contributed by atoms with Crippen LogP contribution >= 0.6 is 11.8 Å². The molecule has 0 unspecified atom stereocenters. The Morgan fingerprint density at radius 1 is 1.00 bits per heavy atom. The van der Waals surface area contributed by atoms with Crippen LogP contribution < -0.4 is 19.5 Å². The van der Waals surface area contributed by atoms with Gasteiger partial charge in [-0.1, -0.05) is 6.07 Å². The number of hydrogen-bond donors (Lipinski definition) is 1. The van der Waals surface area contributed by atoms with Gasteiger partial charge in [-0.15, -0.1) is 11.8 Å². The van der Waals surface area contributed by atoms with Gasteiger partial charge >= 0.3 is 0 Å². The molecule has 0 aliphatic carbocycles. The van der Waals surface area contributed by atoms with Crippen molar-refractivity contribution in [3.05, 3.63) is 48.0 Å². The highest BCUT2D eigenvalue weighted by molar-refractivity contribution is 8.00. The highest BCUT2D eigenvalue weighted by Crippen LogP contribution is 2.28. The molecule has 0 heterocycles. The maximum absolute atomic E-state index is 12.3. The molecule has 25 heavy (non-hydrogen) atoms. The molecular weight excluding hydrogens is 338 g/mol. The largest absolute Gasteiger partial charge is 0.497 e. The summed E-state index contributed by atoms with van der Waals surface area (Å²) in [5.41, 5.74) is 0.952. The van der Waals surface area contributed by atoms with Crippen LogP contribution in [-0.4, -0.2) is 32.5 Å². The van der Waals surface area contributed by atoms with E-state index in [1.807, 2.05) is 49.4 Å². The van der Waals surface area contributed by atoms with Crippen molar-refractivity contribution in [1.82, 2.24) is 5.32 Å². The number of ether oxygens (including phenoxy) is 3. The molecule has 2 aromatic carbocycles. The van der Waals surface area contributed by atoms with Crippen molar-refractivity contribution in [2.75, 3.05) is 21.3 Å². The summed E-state index contributed by atoms with van der Waals surface area (Å²) < 4.78 is 15.6. The van der Waals surface area contributed by atoms with Crippen LogP contribution in [0.25, 0.3) is 0 Å². The van der Waals surface area contributed by atoms with Gasteiger partial charge in [-0.3, -0.25) is 4.79 Å². The minimum atomic E-state index is -0.200. The fourth-order valence-electron chi connectivity index (χ4n) is 2.24. The van der Waals surface area contributed by atoms with Crippen LogP contribution in [0.4, 0.5) is 0 Å². The minimum absolute atomic E-state index is 0.0180. The van der Waals surface area contributed by atoms with Crippen LogP contribution in [0.1, 0.15) is 12.5 Å². The Kier molecular flexibility index (Phi) is 7.01. The first-order chi connectivity index (χ1) is 12.1. The van der Waals surface area contributed by atoms with E-state index in [1.54, 1.807) is 21.3 Å². The molecule has 2 aromatic rings. The molecular formula is C19H23NO4S. The smallest absolute Gasteiger partial charge is 0.233 e. The van der Waals surface area contributed by atoms with E-state index >= 15 is 0 Å². The molecule has 0 bridgehead atoms. The van der Waals surface area contributed by atoms with Gasteiger partial charge in [-0.2, -0.15) is 0 Å². The van der Waals surface area contributed by atoms with Gasteiger partial charge in [0.15, 0.2) is 11.5 Å². The van der Waals surface area contributed by atoms with Gasteiger partial charge in [-0.25, -0.2) is 0 Å². The molecule has 0 fully saturated rings. The van der Waals surface area contributed by atoms with E-state index in [9.17, 15) is 4.79 Å². The molecule has 1 atom stereocenters. The highest BCUT2D eigenvalue weighted by Gasteiger charge is 2.14. The maximum atomic E-state index is 12.3. The molecule has 5 nitrogen and oxygen atoms in total. The second kappa shape index (κ2) is 9.22. The SMILES string of the molecule is COc1ccc(S[C@H](C)C(=O)NCc2ccc(OC)c(OC)c2)cc1. The predicted octanol–water partition coefficient (Wildman–Crippen LogP) is 3.51. The van der Waals surface area contributed by atoms with E-state index in [-0.39, 0.29) is 11.2 Å². The third-order valence-corrected chi connectivity index (χ3v) is 4.77. The number of thioether (sulfide) groups is 1. The van der Waals surface area contributed by atoms with E-state index in [1.165, 1.54) is 11.8 Å². The van der Waals surface area contributed by atoms with Gasteiger partial charge in [0.2, 0.25) is 5.91 Å². The summed E-state index contributed by atoms with van der Waals surface area (Å²) in [6.07, 6.45) is 0. The molecule has 0 radical (unpaired) electrons. The Hall–Kier alpha value is -2.34. The fourth-order valence-corrected chi connectivity index (χ4v) is 3.13. The van der Waals surface area contributed by atoms with Crippen molar-refractivity contribution < 1.29 is 19.0 Å².